The number of hydrogen-bond donors (Lipinski definition) is 2. The van der Waals surface area contributed by atoms with Crippen molar-refractivity contribution in [1.82, 2.24) is 15.1 Å². The Bertz CT molecular complexity index is 570. The van der Waals surface area contributed by atoms with Crippen LogP contribution in [0, 0.1) is 5.82 Å². The minimum absolute atomic E-state index is 0.315. The smallest absolute Gasteiger partial charge is 0.128 e. The molecule has 20 heavy (non-hydrogen) atoms. The fourth-order valence-corrected chi connectivity index (χ4v) is 2.12. The van der Waals surface area contributed by atoms with Crippen LogP contribution in [-0.2, 0) is 6.54 Å². The van der Waals surface area contributed by atoms with E-state index < -0.39 is 0 Å². The molecule has 0 bridgehead atoms. The van der Waals surface area contributed by atoms with Gasteiger partial charge in [0.2, 0.25) is 0 Å². The summed E-state index contributed by atoms with van der Waals surface area (Å²) in [7, 11) is 3.54. The van der Waals surface area contributed by atoms with Crippen LogP contribution in [0.1, 0.15) is 5.56 Å². The van der Waals surface area contributed by atoms with Gasteiger partial charge in [0, 0.05) is 37.0 Å². The Kier molecular flexibility index (Phi) is 4.70. The maximum Gasteiger partial charge on any atom is 0.128 e. The van der Waals surface area contributed by atoms with Crippen LogP contribution >= 0.6 is 0 Å². The van der Waals surface area contributed by atoms with Crippen LogP contribution < -0.4 is 10.5 Å². The van der Waals surface area contributed by atoms with E-state index in [-0.39, 0.29) is 5.82 Å². The molecular weight excluding hydrogens is 259 g/mol. The van der Waals surface area contributed by atoms with Crippen LogP contribution in [0.4, 0.5) is 4.39 Å². The molecule has 1 heterocycles. The minimum atomic E-state index is -0.315. The van der Waals surface area contributed by atoms with E-state index in [1.165, 1.54) is 12.1 Å². The molecule has 0 aliphatic heterocycles. The molecule has 0 aliphatic carbocycles. The Balaban J connectivity index is 2.34. The number of aromatic amines is 1. The lowest BCUT2D eigenvalue weighted by Crippen LogP contribution is -2.25. The normalized spacial score (nSPS) is 11.1. The number of methoxy groups -OCH3 is 1. The van der Waals surface area contributed by atoms with Gasteiger partial charge in [0.05, 0.1) is 7.11 Å². The summed E-state index contributed by atoms with van der Waals surface area (Å²) in [6.45, 7) is 2.06. The maximum absolute atomic E-state index is 13.5. The van der Waals surface area contributed by atoms with Gasteiger partial charge in [0.1, 0.15) is 17.3 Å². The highest BCUT2D eigenvalue weighted by Gasteiger charge is 2.15. The molecule has 3 N–H and O–H groups in total. The molecule has 0 spiro atoms. The molecule has 2 rings (SSSR count). The number of halogens is 1. The number of likely N-dealkylation sites (N-methyl/N-ethyl adjacent to an activating group) is 1. The molecule has 0 fully saturated rings. The van der Waals surface area contributed by atoms with Crippen molar-refractivity contribution in [2.75, 3.05) is 27.2 Å². The summed E-state index contributed by atoms with van der Waals surface area (Å²) in [6.07, 6.45) is 1.81. The number of nitrogens with zero attached hydrogens (tertiary/aromatic N) is 2. The second-order valence-corrected chi connectivity index (χ2v) is 4.63. The number of benzene rings is 1. The van der Waals surface area contributed by atoms with E-state index in [2.05, 4.69) is 15.1 Å². The molecular formula is C14H19FN4O. The van der Waals surface area contributed by atoms with E-state index in [1.54, 1.807) is 13.2 Å². The predicted molar refractivity (Wildman–Crippen MR) is 75.9 cm³/mol. The van der Waals surface area contributed by atoms with E-state index in [0.717, 1.165) is 12.1 Å². The standard InChI is InChI=1S/C14H19FN4O/c1-19(6-5-16)9-10-8-17-18-14(10)12-7-11(15)3-4-13(12)20-2/h3-4,7-8H,5-6,9,16H2,1-2H3,(H,17,18). The Morgan fingerprint density at radius 1 is 1.45 bits per heavy atom. The summed E-state index contributed by atoms with van der Waals surface area (Å²) in [4.78, 5) is 2.08. The van der Waals surface area contributed by atoms with Crippen LogP contribution in [0.5, 0.6) is 5.75 Å². The number of ether oxygens (including phenoxy) is 1. The molecule has 0 unspecified atom stereocenters. The first-order valence-corrected chi connectivity index (χ1v) is 6.41. The van der Waals surface area contributed by atoms with Gasteiger partial charge < -0.3 is 15.4 Å². The van der Waals surface area contributed by atoms with E-state index in [1.807, 2.05) is 13.2 Å². The molecule has 0 aliphatic rings. The first-order chi connectivity index (χ1) is 9.65. The van der Waals surface area contributed by atoms with Gasteiger partial charge in [0.15, 0.2) is 0 Å². The topological polar surface area (TPSA) is 67.2 Å². The van der Waals surface area contributed by atoms with Gasteiger partial charge in [-0.3, -0.25) is 5.10 Å². The Labute approximate surface area is 117 Å². The zero-order valence-corrected chi connectivity index (χ0v) is 11.7. The van der Waals surface area contributed by atoms with Gasteiger partial charge >= 0.3 is 0 Å². The van der Waals surface area contributed by atoms with Crippen molar-refractivity contribution >= 4 is 0 Å². The second-order valence-electron chi connectivity index (χ2n) is 4.63. The lowest BCUT2D eigenvalue weighted by atomic mass is 10.1. The third-order valence-electron chi connectivity index (χ3n) is 3.09. The predicted octanol–water partition coefficient (Wildman–Crippen LogP) is 1.61. The Hall–Kier alpha value is -1.92. The highest BCUT2D eigenvalue weighted by Crippen LogP contribution is 2.31. The lowest BCUT2D eigenvalue weighted by Gasteiger charge is -2.15. The molecule has 5 nitrogen and oxygen atoms in total. The molecule has 0 saturated heterocycles. The molecule has 2 aromatic rings. The van der Waals surface area contributed by atoms with Crippen LogP contribution in [-0.4, -0.2) is 42.3 Å². The summed E-state index contributed by atoms with van der Waals surface area (Å²) in [5, 5.41) is 7.05. The first-order valence-electron chi connectivity index (χ1n) is 6.41. The van der Waals surface area contributed by atoms with Crippen molar-refractivity contribution in [2.24, 2.45) is 5.73 Å². The van der Waals surface area contributed by atoms with E-state index >= 15 is 0 Å². The van der Waals surface area contributed by atoms with Gasteiger partial charge in [-0.1, -0.05) is 0 Å². The van der Waals surface area contributed by atoms with Gasteiger partial charge in [0.25, 0.3) is 0 Å². The number of hydrogen-bond acceptors (Lipinski definition) is 4. The summed E-state index contributed by atoms with van der Waals surface area (Å²) >= 11 is 0. The van der Waals surface area contributed by atoms with Crippen molar-refractivity contribution < 1.29 is 9.13 Å². The Morgan fingerprint density at radius 3 is 2.95 bits per heavy atom. The minimum Gasteiger partial charge on any atom is -0.496 e. The molecule has 108 valence electrons. The quantitative estimate of drug-likeness (QED) is 0.842. The number of nitrogens with two attached hydrogens (primary N) is 1. The van der Waals surface area contributed by atoms with Crippen LogP contribution in [0.15, 0.2) is 24.4 Å². The summed E-state index contributed by atoms with van der Waals surface area (Å²) in [5.41, 5.74) is 7.86. The molecule has 1 aromatic carbocycles. The average Bonchev–Trinajstić information content (AvgIpc) is 2.86. The van der Waals surface area contributed by atoms with Crippen molar-refractivity contribution in [1.29, 1.82) is 0 Å². The third-order valence-corrected chi connectivity index (χ3v) is 3.09. The van der Waals surface area contributed by atoms with Crippen molar-refractivity contribution in [3.8, 4) is 17.0 Å². The molecule has 6 heteroatoms. The molecule has 1 aromatic heterocycles. The number of H-pyrrole nitrogens is 1. The van der Waals surface area contributed by atoms with Crippen LogP contribution in [0.25, 0.3) is 11.3 Å². The number of rotatable bonds is 6. The largest absolute Gasteiger partial charge is 0.496 e. The molecule has 0 amide bonds. The van der Waals surface area contributed by atoms with E-state index in [0.29, 0.717) is 30.1 Å². The van der Waals surface area contributed by atoms with Crippen LogP contribution in [0.2, 0.25) is 0 Å². The average molecular weight is 278 g/mol. The molecule has 0 atom stereocenters. The zero-order chi connectivity index (χ0) is 14.5. The lowest BCUT2D eigenvalue weighted by molar-refractivity contribution is 0.336. The van der Waals surface area contributed by atoms with Crippen molar-refractivity contribution in [3.05, 3.63) is 35.8 Å². The third kappa shape index (κ3) is 3.15. The second kappa shape index (κ2) is 6.49. The van der Waals surface area contributed by atoms with Crippen molar-refractivity contribution in [3.63, 3.8) is 0 Å². The highest BCUT2D eigenvalue weighted by atomic mass is 19.1. The molecule has 0 saturated carbocycles. The molecule has 0 radical (unpaired) electrons. The first kappa shape index (κ1) is 14.5. The number of nitrogens with one attached hydrogen (secondary N) is 1. The van der Waals surface area contributed by atoms with Gasteiger partial charge in [-0.25, -0.2) is 4.39 Å². The zero-order valence-electron chi connectivity index (χ0n) is 11.7. The van der Waals surface area contributed by atoms with Gasteiger partial charge in [-0.05, 0) is 25.2 Å². The summed E-state index contributed by atoms with van der Waals surface area (Å²) in [5.74, 6) is 0.284. The number of aromatic nitrogens is 2. The monoisotopic (exact) mass is 278 g/mol. The van der Waals surface area contributed by atoms with E-state index in [9.17, 15) is 4.39 Å². The highest BCUT2D eigenvalue weighted by molar-refractivity contribution is 5.69. The van der Waals surface area contributed by atoms with E-state index in [4.69, 9.17) is 10.5 Å². The maximum atomic E-state index is 13.5. The SMILES string of the molecule is COc1ccc(F)cc1-c1n[nH]cc1CN(C)CCN. The van der Waals surface area contributed by atoms with Gasteiger partial charge in [-0.15, -0.1) is 0 Å². The van der Waals surface area contributed by atoms with Crippen LogP contribution in [0.3, 0.4) is 0 Å². The fraction of sp³-hybridized carbons (Fsp3) is 0.357. The summed E-state index contributed by atoms with van der Waals surface area (Å²) in [6, 6.07) is 4.41. The van der Waals surface area contributed by atoms with Crippen molar-refractivity contribution in [2.45, 2.75) is 6.54 Å². The summed E-state index contributed by atoms with van der Waals surface area (Å²) < 4.78 is 18.7. The van der Waals surface area contributed by atoms with Gasteiger partial charge in [-0.2, -0.15) is 5.10 Å². The Morgan fingerprint density at radius 2 is 2.25 bits per heavy atom. The fourth-order valence-electron chi connectivity index (χ4n) is 2.12.